The Balaban J connectivity index is 0.00000128. The zero-order valence-electron chi connectivity index (χ0n) is 9.49. The molecule has 1 saturated carbocycles. The first-order chi connectivity index (χ1) is 7.28. The largest absolute Gasteiger partial charge is 0.359 e. The Hall–Kier alpha value is -0.790. The molecule has 1 heterocycles. The number of aliphatic imine (C=N–C) groups is 1. The predicted octanol–water partition coefficient (Wildman–Crippen LogP) is 1.43. The van der Waals surface area contributed by atoms with Crippen molar-refractivity contribution in [3.8, 4) is 0 Å². The van der Waals surface area contributed by atoms with Crippen molar-refractivity contribution in [2.75, 3.05) is 7.05 Å². The minimum atomic E-state index is 0. The maximum Gasteiger partial charge on any atom is 0.191 e. The Morgan fingerprint density at radius 3 is 2.88 bits per heavy atom. The van der Waals surface area contributed by atoms with E-state index in [1.54, 1.807) is 7.05 Å². The summed E-state index contributed by atoms with van der Waals surface area (Å²) in [6.07, 6.45) is 2.48. The molecule has 0 saturated heterocycles. The van der Waals surface area contributed by atoms with Crippen LogP contribution in [0.1, 0.15) is 24.3 Å². The molecule has 0 unspecified atom stereocenters. The molecule has 1 fully saturated rings. The van der Waals surface area contributed by atoms with Crippen LogP contribution >= 0.6 is 24.0 Å². The standard InChI is InChI=1S/C10H16N4O.HI/c1-7-5-9(15-14-7)6-12-10(11-2)13-8-3-4-8;/h5,8H,3-4,6H2,1-2H3,(H2,11,12,13);1H. The number of halogens is 1. The molecule has 90 valence electrons. The highest BCUT2D eigenvalue weighted by Crippen LogP contribution is 2.18. The van der Waals surface area contributed by atoms with E-state index in [9.17, 15) is 0 Å². The van der Waals surface area contributed by atoms with Crippen LogP contribution < -0.4 is 10.6 Å². The molecule has 2 rings (SSSR count). The van der Waals surface area contributed by atoms with E-state index in [1.165, 1.54) is 12.8 Å². The zero-order valence-corrected chi connectivity index (χ0v) is 11.8. The number of nitrogens with one attached hydrogen (secondary N) is 2. The highest BCUT2D eigenvalue weighted by atomic mass is 127. The van der Waals surface area contributed by atoms with Crippen molar-refractivity contribution in [3.05, 3.63) is 17.5 Å². The summed E-state index contributed by atoms with van der Waals surface area (Å²) in [5.41, 5.74) is 0.900. The summed E-state index contributed by atoms with van der Waals surface area (Å²) < 4.78 is 5.08. The average Bonchev–Trinajstić information content (AvgIpc) is 2.95. The molecule has 1 aromatic heterocycles. The van der Waals surface area contributed by atoms with Crippen molar-refractivity contribution >= 4 is 29.9 Å². The second-order valence-electron chi connectivity index (χ2n) is 3.78. The van der Waals surface area contributed by atoms with Crippen LogP contribution in [0.5, 0.6) is 0 Å². The number of nitrogens with zero attached hydrogens (tertiary/aromatic N) is 2. The van der Waals surface area contributed by atoms with E-state index in [0.717, 1.165) is 17.4 Å². The summed E-state index contributed by atoms with van der Waals surface area (Å²) in [7, 11) is 1.77. The molecule has 0 aliphatic heterocycles. The summed E-state index contributed by atoms with van der Waals surface area (Å²) in [6.45, 7) is 2.53. The lowest BCUT2D eigenvalue weighted by Crippen LogP contribution is -2.37. The van der Waals surface area contributed by atoms with Crippen molar-refractivity contribution < 1.29 is 4.52 Å². The van der Waals surface area contributed by atoms with Gasteiger partial charge in [-0.15, -0.1) is 24.0 Å². The third-order valence-corrected chi connectivity index (χ3v) is 2.25. The van der Waals surface area contributed by atoms with Gasteiger partial charge in [-0.3, -0.25) is 4.99 Å². The fraction of sp³-hybridized carbons (Fsp3) is 0.600. The molecule has 0 amide bonds. The maximum absolute atomic E-state index is 5.08. The van der Waals surface area contributed by atoms with Gasteiger partial charge >= 0.3 is 0 Å². The fourth-order valence-corrected chi connectivity index (χ4v) is 1.29. The van der Waals surface area contributed by atoms with E-state index in [2.05, 4.69) is 20.8 Å². The average molecular weight is 336 g/mol. The smallest absolute Gasteiger partial charge is 0.191 e. The molecule has 0 aromatic carbocycles. The van der Waals surface area contributed by atoms with Gasteiger partial charge in [0.15, 0.2) is 11.7 Å². The topological polar surface area (TPSA) is 62.5 Å². The van der Waals surface area contributed by atoms with E-state index in [-0.39, 0.29) is 24.0 Å². The van der Waals surface area contributed by atoms with Gasteiger partial charge in [0.1, 0.15) is 0 Å². The Kier molecular flexibility index (Phi) is 5.04. The summed E-state index contributed by atoms with van der Waals surface area (Å²) >= 11 is 0. The van der Waals surface area contributed by atoms with Gasteiger partial charge in [0, 0.05) is 19.2 Å². The van der Waals surface area contributed by atoms with Crippen LogP contribution in [-0.2, 0) is 6.54 Å². The lowest BCUT2D eigenvalue weighted by Gasteiger charge is -2.08. The van der Waals surface area contributed by atoms with Gasteiger partial charge in [-0.05, 0) is 19.8 Å². The molecule has 1 aliphatic carbocycles. The second kappa shape index (κ2) is 6.07. The third-order valence-electron chi connectivity index (χ3n) is 2.25. The number of rotatable bonds is 3. The molecule has 0 atom stereocenters. The highest BCUT2D eigenvalue weighted by Gasteiger charge is 2.22. The fourth-order valence-electron chi connectivity index (χ4n) is 1.29. The minimum absolute atomic E-state index is 0. The van der Waals surface area contributed by atoms with Crippen LogP contribution in [0.15, 0.2) is 15.6 Å². The number of hydrogen-bond donors (Lipinski definition) is 2. The molecule has 1 aromatic rings. The summed E-state index contributed by atoms with van der Waals surface area (Å²) in [5.74, 6) is 1.65. The van der Waals surface area contributed by atoms with Gasteiger partial charge in [-0.1, -0.05) is 5.16 Å². The molecular weight excluding hydrogens is 319 g/mol. The van der Waals surface area contributed by atoms with Crippen LogP contribution in [0.4, 0.5) is 0 Å². The lowest BCUT2D eigenvalue weighted by molar-refractivity contribution is 0.376. The minimum Gasteiger partial charge on any atom is -0.359 e. The predicted molar refractivity (Wildman–Crippen MR) is 73.0 cm³/mol. The summed E-state index contributed by atoms with van der Waals surface area (Å²) in [4.78, 5) is 4.12. The molecule has 5 nitrogen and oxygen atoms in total. The molecule has 0 spiro atoms. The zero-order chi connectivity index (χ0) is 10.7. The van der Waals surface area contributed by atoms with Crippen molar-refractivity contribution in [2.24, 2.45) is 4.99 Å². The number of guanidine groups is 1. The van der Waals surface area contributed by atoms with Gasteiger partial charge in [-0.2, -0.15) is 0 Å². The Morgan fingerprint density at radius 1 is 1.62 bits per heavy atom. The second-order valence-corrected chi connectivity index (χ2v) is 3.78. The Labute approximate surface area is 112 Å². The maximum atomic E-state index is 5.08. The van der Waals surface area contributed by atoms with Crippen molar-refractivity contribution in [2.45, 2.75) is 32.4 Å². The van der Waals surface area contributed by atoms with Crippen LogP contribution in [0.25, 0.3) is 0 Å². The van der Waals surface area contributed by atoms with E-state index in [1.807, 2.05) is 13.0 Å². The lowest BCUT2D eigenvalue weighted by atomic mass is 10.4. The summed E-state index contributed by atoms with van der Waals surface area (Å²) in [5, 5.41) is 10.3. The van der Waals surface area contributed by atoms with E-state index < -0.39 is 0 Å². The molecule has 16 heavy (non-hydrogen) atoms. The number of aromatic nitrogens is 1. The van der Waals surface area contributed by atoms with Crippen molar-refractivity contribution in [1.29, 1.82) is 0 Å². The Morgan fingerprint density at radius 2 is 2.38 bits per heavy atom. The van der Waals surface area contributed by atoms with Crippen LogP contribution in [0.2, 0.25) is 0 Å². The van der Waals surface area contributed by atoms with Crippen molar-refractivity contribution in [1.82, 2.24) is 15.8 Å². The molecular formula is C10H17IN4O. The first-order valence-electron chi connectivity index (χ1n) is 5.17. The van der Waals surface area contributed by atoms with Gasteiger partial charge in [-0.25, -0.2) is 0 Å². The molecule has 6 heteroatoms. The van der Waals surface area contributed by atoms with Gasteiger partial charge in [0.2, 0.25) is 0 Å². The van der Waals surface area contributed by atoms with Gasteiger partial charge < -0.3 is 15.2 Å². The van der Waals surface area contributed by atoms with E-state index >= 15 is 0 Å². The number of hydrogen-bond acceptors (Lipinski definition) is 3. The SMILES string of the molecule is CN=C(NCc1cc(C)no1)NC1CC1.I. The molecule has 0 radical (unpaired) electrons. The van der Waals surface area contributed by atoms with Gasteiger partial charge in [0.25, 0.3) is 0 Å². The molecule has 1 aliphatic rings. The first kappa shape index (κ1) is 13.3. The van der Waals surface area contributed by atoms with E-state index in [0.29, 0.717) is 12.6 Å². The third kappa shape index (κ3) is 3.99. The molecule has 2 N–H and O–H groups in total. The normalized spacial score (nSPS) is 15.5. The van der Waals surface area contributed by atoms with Crippen LogP contribution in [-0.4, -0.2) is 24.2 Å². The van der Waals surface area contributed by atoms with Crippen LogP contribution in [0.3, 0.4) is 0 Å². The van der Waals surface area contributed by atoms with Crippen LogP contribution in [0, 0.1) is 6.92 Å². The van der Waals surface area contributed by atoms with E-state index in [4.69, 9.17) is 4.52 Å². The quantitative estimate of drug-likeness (QED) is 0.498. The first-order valence-corrected chi connectivity index (χ1v) is 5.17. The highest BCUT2D eigenvalue weighted by molar-refractivity contribution is 14.0. The Bertz CT molecular complexity index is 359. The van der Waals surface area contributed by atoms with Gasteiger partial charge in [0.05, 0.1) is 12.2 Å². The monoisotopic (exact) mass is 336 g/mol. The molecule has 0 bridgehead atoms. The van der Waals surface area contributed by atoms with Crippen molar-refractivity contribution in [3.63, 3.8) is 0 Å². The number of aryl methyl sites for hydroxylation is 1. The summed E-state index contributed by atoms with van der Waals surface area (Å²) in [6, 6.07) is 2.52.